The molecule has 0 aliphatic carbocycles. The highest BCUT2D eigenvalue weighted by Gasteiger charge is 2.30. The van der Waals surface area contributed by atoms with Gasteiger partial charge < -0.3 is 69.1 Å². The Balaban J connectivity index is 0.000000535. The molecule has 0 spiro atoms. The Labute approximate surface area is 492 Å². The second-order valence-electron chi connectivity index (χ2n) is 20.6. The molecule has 440 valence electrons. The largest absolute Gasteiger partial charge is 0.476 e. The van der Waals surface area contributed by atoms with Crippen molar-refractivity contribution >= 4 is 112 Å². The van der Waals surface area contributed by atoms with E-state index >= 15 is 0 Å². The highest BCUT2D eigenvalue weighted by molar-refractivity contribution is 7.10. The van der Waals surface area contributed by atoms with E-state index in [0.717, 1.165) is 88.6 Å². The number of carboxylic acid groups (broad SMARTS) is 2. The van der Waals surface area contributed by atoms with Crippen LogP contribution in [0.15, 0.2) is 21.5 Å². The maximum atomic E-state index is 10.9. The fraction of sp³-hybridized carbons (Fsp3) is 0.654. The first-order valence-corrected chi connectivity index (χ1v) is 30.3. The van der Waals surface area contributed by atoms with Crippen LogP contribution in [0.3, 0.4) is 0 Å². The summed E-state index contributed by atoms with van der Waals surface area (Å²) in [5.41, 5.74) is 1.76. The highest BCUT2D eigenvalue weighted by atomic mass is 32.1. The number of hydrogen-bond acceptors (Lipinski definition) is 22. The number of aliphatic hydroxyl groups is 4. The Hall–Kier alpha value is -3.92. The summed E-state index contributed by atoms with van der Waals surface area (Å²) in [6.07, 6.45) is 4.04. The minimum Gasteiger partial charge on any atom is -0.476 e. The average Bonchev–Trinajstić information content (AvgIpc) is 4.25. The number of carboxylic acids is 2. The van der Waals surface area contributed by atoms with Crippen molar-refractivity contribution in [1.29, 1.82) is 0 Å². The number of aryl methyl sites for hydroxylation is 2. The number of aromatic carboxylic acids is 2. The summed E-state index contributed by atoms with van der Waals surface area (Å²) >= 11 is 5.23. The first-order chi connectivity index (χ1) is 37.7. The molecule has 4 radical (unpaired) electrons. The summed E-state index contributed by atoms with van der Waals surface area (Å²) in [5, 5.41) is 67.8. The van der Waals surface area contributed by atoms with Crippen molar-refractivity contribution in [2.24, 2.45) is 23.7 Å². The second-order valence-corrected chi connectivity index (χ2v) is 24.2. The molecular weight excluding hydrogens is 1100 g/mol. The highest BCUT2D eigenvalue weighted by Crippen LogP contribution is 2.30. The molecule has 4 aromatic heterocycles. The molecule has 0 bridgehead atoms. The molecule has 0 unspecified atom stereocenters. The zero-order valence-electron chi connectivity index (χ0n) is 48.9. The molecule has 6 N–H and O–H groups in total. The number of rotatable bonds is 34. The summed E-state index contributed by atoms with van der Waals surface area (Å²) < 4.78 is 0. The third-order valence-corrected chi connectivity index (χ3v) is 16.8. The van der Waals surface area contributed by atoms with Gasteiger partial charge in [-0.05, 0) is 103 Å². The zero-order chi connectivity index (χ0) is 60.8. The number of aromatic nitrogens is 4. The summed E-state index contributed by atoms with van der Waals surface area (Å²) in [4.78, 5) is 88.4. The van der Waals surface area contributed by atoms with E-state index in [1.165, 1.54) is 55.7 Å². The zero-order valence-corrected chi connectivity index (χ0v) is 52.1. The van der Waals surface area contributed by atoms with Crippen LogP contribution in [0, 0.1) is 37.5 Å². The van der Waals surface area contributed by atoms with Crippen LogP contribution in [-0.4, -0.2) is 188 Å². The fourth-order valence-electron chi connectivity index (χ4n) is 8.63. The molecule has 0 saturated heterocycles. The quantitative estimate of drug-likeness (QED) is 0.0205. The van der Waals surface area contributed by atoms with E-state index in [4.69, 9.17) is 10.2 Å². The van der Waals surface area contributed by atoms with E-state index in [-0.39, 0.29) is 47.4 Å². The first-order valence-electron chi connectivity index (χ1n) is 26.7. The average molecular weight is 1180 g/mol. The third-order valence-electron chi connectivity index (χ3n) is 12.8. The van der Waals surface area contributed by atoms with Crippen LogP contribution >= 0.6 is 45.3 Å². The summed E-state index contributed by atoms with van der Waals surface area (Å²) in [7, 11) is 9.65. The van der Waals surface area contributed by atoms with Crippen LogP contribution in [-0.2, 0) is 19.2 Å². The van der Waals surface area contributed by atoms with Gasteiger partial charge in [0.15, 0.2) is 11.4 Å². The lowest BCUT2D eigenvalue weighted by Gasteiger charge is -2.34. The van der Waals surface area contributed by atoms with Gasteiger partial charge in [-0.2, -0.15) is 0 Å². The number of carbonyl (C=O) groups is 6. The van der Waals surface area contributed by atoms with Crippen LogP contribution in [0.1, 0.15) is 185 Å². The Morgan fingerprint density at radius 3 is 0.950 bits per heavy atom. The van der Waals surface area contributed by atoms with Crippen molar-refractivity contribution in [1.82, 2.24) is 39.2 Å². The maximum Gasteiger partial charge on any atom is 0.355 e. The lowest BCUT2D eigenvalue weighted by atomic mass is 9.85. The number of nitrogens with zero attached hydrogens (tertiary/aromatic N) is 8. The molecule has 28 heteroatoms. The van der Waals surface area contributed by atoms with E-state index in [0.29, 0.717) is 53.7 Å². The molecule has 0 aromatic carbocycles. The molecule has 4 rings (SSSR count). The molecular formula is C52H84B4N8O12S4. The van der Waals surface area contributed by atoms with E-state index in [1.807, 2.05) is 80.7 Å². The summed E-state index contributed by atoms with van der Waals surface area (Å²) in [5.74, 6) is -1.04. The third kappa shape index (κ3) is 26.5. The van der Waals surface area contributed by atoms with Gasteiger partial charge in [0.05, 0.1) is 24.7 Å². The Morgan fingerprint density at radius 1 is 0.475 bits per heavy atom. The molecule has 0 aliphatic heterocycles. The van der Waals surface area contributed by atoms with Crippen molar-refractivity contribution < 1.29 is 59.4 Å². The number of hydrogen-bond donors (Lipinski definition) is 6. The monoisotopic (exact) mass is 1180 g/mol. The predicted molar refractivity (Wildman–Crippen MR) is 324 cm³/mol. The van der Waals surface area contributed by atoms with Gasteiger partial charge in [0.1, 0.15) is 44.4 Å². The Bertz CT molecular complexity index is 2400. The van der Waals surface area contributed by atoms with Crippen molar-refractivity contribution in [3.8, 4) is 0 Å². The SMILES string of the molecule is CC(C)[C@@H](C[C@@H](O)c1nc(C(=O)O)cs1)N(C)[B]C=O.CCCN([B]C=O)[C@@H](C[C@@H](O)c1nc(C)cs1)C(C)C.CCCN([B]C=O)[C@H](C[C@@H](O)c1nc(C(=O)O)cs1)C(C)C.Cc1csc([C@H](O)C[C@@H](C(C)C)N(C)[B]C=O)n1. The second kappa shape index (κ2) is 39.5. The van der Waals surface area contributed by atoms with Gasteiger partial charge in [-0.1, -0.05) is 69.2 Å². The van der Waals surface area contributed by atoms with Crippen molar-refractivity contribution in [3.63, 3.8) is 0 Å². The Kier molecular flexibility index (Phi) is 36.6. The number of carbonyl (C=O) groups excluding carboxylic acids is 4. The van der Waals surface area contributed by atoms with Crippen LogP contribution in [0.4, 0.5) is 0 Å². The van der Waals surface area contributed by atoms with Crippen LogP contribution < -0.4 is 0 Å². The van der Waals surface area contributed by atoms with Crippen molar-refractivity contribution in [3.05, 3.63) is 64.3 Å². The van der Waals surface area contributed by atoms with Gasteiger partial charge in [0.2, 0.25) is 0 Å². The van der Waals surface area contributed by atoms with Gasteiger partial charge in [-0.3, -0.25) is 0 Å². The number of aliphatic hydroxyl groups excluding tert-OH is 4. The predicted octanol–water partition coefficient (Wildman–Crippen LogP) is 6.90. The normalized spacial score (nSPS) is 14.4. The smallest absolute Gasteiger partial charge is 0.355 e. The van der Waals surface area contributed by atoms with Gasteiger partial charge in [0.25, 0.3) is 29.7 Å². The van der Waals surface area contributed by atoms with Crippen LogP contribution in [0.2, 0.25) is 0 Å². The van der Waals surface area contributed by atoms with Crippen LogP contribution in [0.5, 0.6) is 0 Å². The van der Waals surface area contributed by atoms with Gasteiger partial charge >= 0.3 is 11.9 Å². The summed E-state index contributed by atoms with van der Waals surface area (Å²) in [6.45, 7) is 26.0. The topological polar surface area (TPSA) is 288 Å². The first kappa shape index (κ1) is 74.1. The van der Waals surface area contributed by atoms with Gasteiger partial charge in [-0.25, -0.2) is 29.5 Å². The van der Waals surface area contributed by atoms with Gasteiger partial charge in [0, 0.05) is 57.1 Å². The maximum absolute atomic E-state index is 10.9. The minimum atomic E-state index is -1.11. The van der Waals surface area contributed by atoms with Crippen molar-refractivity contribution in [2.75, 3.05) is 27.2 Å². The van der Waals surface area contributed by atoms with E-state index in [2.05, 4.69) is 54.6 Å². The molecule has 0 amide bonds. The Morgan fingerprint density at radius 2 is 0.738 bits per heavy atom. The number of thiazole rings is 4. The molecule has 0 saturated carbocycles. The van der Waals surface area contributed by atoms with E-state index in [9.17, 15) is 49.2 Å². The molecule has 8 atom stereocenters. The minimum absolute atomic E-state index is 0.0164. The van der Waals surface area contributed by atoms with E-state index in [1.54, 1.807) is 19.3 Å². The van der Waals surface area contributed by atoms with Crippen LogP contribution in [0.25, 0.3) is 0 Å². The molecule has 80 heavy (non-hydrogen) atoms. The standard InChI is InChI=1S/C14H22BN2O4S.C14H24BN2O2S.C12H18BN2O4S.C12H20BN2O2S/c1-4-5-17(15-8-18)11(9(2)3)6-12(19)13-16-10(7-22-13)14(20)21;1-5-6-17(15-9-18)12(10(2)3)7-13(19)14-16-11(4)8-20-14;1-7(2)9(15(3)13-6-16)4-10(17)11-14-8(5-20-11)12(18)19;1-8(2)10(15(4)13-7-16)5-11(17)12-14-9(3)6-18-12/h7-9,11-12,19H,4-6H2,1-3H3,(H,20,21);8-10,12-13,19H,5-7H2,1-4H3;5-7,9-10,17H,4H2,1-3H3,(H,18,19);6-8,10-11,17H,5H2,1-4H3/t11-,12-;12-,13+;9-,10-;10-,11+/m1010/s1. The lowest BCUT2D eigenvalue weighted by molar-refractivity contribution is 0.0679. The molecule has 4 aromatic rings. The lowest BCUT2D eigenvalue weighted by Crippen LogP contribution is -2.43. The molecule has 0 aliphatic rings. The molecule has 4 heterocycles. The van der Waals surface area contributed by atoms with E-state index < -0.39 is 36.4 Å². The molecule has 0 fully saturated rings. The van der Waals surface area contributed by atoms with Crippen molar-refractivity contribution in [2.45, 2.75) is 170 Å². The fourth-order valence-corrected chi connectivity index (χ4v) is 11.8. The molecule has 20 nitrogen and oxygen atoms in total. The van der Waals surface area contributed by atoms with Gasteiger partial charge in [-0.15, -0.1) is 45.3 Å². The summed E-state index contributed by atoms with van der Waals surface area (Å²) in [6, 6.07) is 0.207.